The van der Waals surface area contributed by atoms with Gasteiger partial charge in [-0.1, -0.05) is 60.5 Å². The number of amides is 1. The Morgan fingerprint density at radius 1 is 0.970 bits per heavy atom. The van der Waals surface area contributed by atoms with Crippen molar-refractivity contribution in [1.29, 1.82) is 0 Å². The molecule has 1 atom stereocenters. The second kappa shape index (κ2) is 11.0. The minimum Gasteiger partial charge on any atom is -0.496 e. The average Bonchev–Trinajstić information content (AvgIpc) is 2.83. The van der Waals surface area contributed by atoms with Crippen molar-refractivity contribution in [2.75, 3.05) is 12.4 Å². The molecule has 0 aliphatic heterocycles. The zero-order valence-corrected chi connectivity index (χ0v) is 19.4. The van der Waals surface area contributed by atoms with Gasteiger partial charge in [0.15, 0.2) is 6.10 Å². The Labute approximate surface area is 201 Å². The third-order valence-electron chi connectivity index (χ3n) is 4.80. The fourth-order valence-corrected chi connectivity index (χ4v) is 3.39. The highest BCUT2D eigenvalue weighted by molar-refractivity contribution is 6.34. The van der Waals surface area contributed by atoms with Gasteiger partial charge in [0.25, 0.3) is 0 Å². The second-order valence-electron chi connectivity index (χ2n) is 7.00. The van der Waals surface area contributed by atoms with Crippen molar-refractivity contribution in [1.82, 2.24) is 0 Å². The SMILES string of the molecule is CCC(=O)Nc1cc(OC)c(C(=O)O[C@H](C(=O)c2ccc(Cl)cc2)c2ccccc2)cc1Cl. The summed E-state index contributed by atoms with van der Waals surface area (Å²) in [5.41, 5.74) is 1.15. The van der Waals surface area contributed by atoms with Crippen LogP contribution in [-0.2, 0) is 9.53 Å². The molecule has 8 heteroatoms. The number of anilines is 1. The number of esters is 1. The van der Waals surface area contributed by atoms with Crippen molar-refractivity contribution in [3.8, 4) is 5.75 Å². The van der Waals surface area contributed by atoms with Gasteiger partial charge in [-0.05, 0) is 30.3 Å². The highest BCUT2D eigenvalue weighted by atomic mass is 35.5. The summed E-state index contributed by atoms with van der Waals surface area (Å²) in [6.07, 6.45) is -0.948. The first-order chi connectivity index (χ1) is 15.8. The van der Waals surface area contributed by atoms with E-state index in [-0.39, 0.29) is 28.7 Å². The number of Topliss-reactive ketones (excluding diaryl/α,β-unsaturated/α-hetero) is 1. The minimum atomic E-state index is -1.21. The summed E-state index contributed by atoms with van der Waals surface area (Å²) in [6, 6.07) is 17.7. The molecule has 0 heterocycles. The highest BCUT2D eigenvalue weighted by Crippen LogP contribution is 2.33. The molecular formula is C25H21Cl2NO5. The van der Waals surface area contributed by atoms with Gasteiger partial charge in [-0.2, -0.15) is 0 Å². The number of hydrogen-bond acceptors (Lipinski definition) is 5. The van der Waals surface area contributed by atoms with E-state index in [2.05, 4.69) is 5.32 Å². The van der Waals surface area contributed by atoms with Crippen molar-refractivity contribution in [2.45, 2.75) is 19.4 Å². The van der Waals surface area contributed by atoms with Crippen LogP contribution in [0.2, 0.25) is 10.0 Å². The van der Waals surface area contributed by atoms with E-state index in [0.29, 0.717) is 21.8 Å². The number of ketones is 1. The Morgan fingerprint density at radius 3 is 2.24 bits per heavy atom. The summed E-state index contributed by atoms with van der Waals surface area (Å²) < 4.78 is 11.0. The van der Waals surface area contributed by atoms with E-state index in [1.165, 1.54) is 19.2 Å². The molecule has 6 nitrogen and oxygen atoms in total. The molecule has 1 N–H and O–H groups in total. The van der Waals surface area contributed by atoms with Gasteiger partial charge in [0.2, 0.25) is 11.7 Å². The third kappa shape index (κ3) is 5.92. The van der Waals surface area contributed by atoms with Crippen molar-refractivity contribution in [2.24, 2.45) is 0 Å². The van der Waals surface area contributed by atoms with Crippen molar-refractivity contribution in [3.63, 3.8) is 0 Å². The number of carbonyl (C=O) groups excluding carboxylic acids is 3. The maximum absolute atomic E-state index is 13.2. The van der Waals surface area contributed by atoms with E-state index in [4.69, 9.17) is 32.7 Å². The lowest BCUT2D eigenvalue weighted by molar-refractivity contribution is -0.115. The summed E-state index contributed by atoms with van der Waals surface area (Å²) in [7, 11) is 1.37. The average molecular weight is 486 g/mol. The first-order valence-electron chi connectivity index (χ1n) is 10.1. The van der Waals surface area contributed by atoms with E-state index in [1.54, 1.807) is 61.5 Å². The molecule has 0 aliphatic rings. The lowest BCUT2D eigenvalue weighted by Crippen LogP contribution is -2.21. The molecule has 3 aromatic carbocycles. The zero-order valence-electron chi connectivity index (χ0n) is 17.9. The van der Waals surface area contributed by atoms with Crippen LogP contribution in [0.15, 0.2) is 66.7 Å². The van der Waals surface area contributed by atoms with Gasteiger partial charge in [-0.15, -0.1) is 0 Å². The summed E-state index contributed by atoms with van der Waals surface area (Å²) in [4.78, 5) is 38.1. The molecule has 3 aromatic rings. The fourth-order valence-electron chi connectivity index (χ4n) is 3.05. The Bertz CT molecular complexity index is 1160. The van der Waals surface area contributed by atoms with E-state index < -0.39 is 17.9 Å². The van der Waals surface area contributed by atoms with Gasteiger partial charge < -0.3 is 14.8 Å². The van der Waals surface area contributed by atoms with Crippen LogP contribution in [-0.4, -0.2) is 24.8 Å². The van der Waals surface area contributed by atoms with Crippen LogP contribution < -0.4 is 10.1 Å². The van der Waals surface area contributed by atoms with Gasteiger partial charge in [0.05, 0.1) is 17.8 Å². The lowest BCUT2D eigenvalue weighted by Gasteiger charge is -2.19. The molecule has 0 aromatic heterocycles. The number of methoxy groups -OCH3 is 1. The molecule has 0 saturated heterocycles. The molecule has 0 radical (unpaired) electrons. The van der Waals surface area contributed by atoms with Crippen LogP contribution in [0.3, 0.4) is 0 Å². The van der Waals surface area contributed by atoms with Crippen LogP contribution in [0.1, 0.15) is 45.7 Å². The van der Waals surface area contributed by atoms with E-state index in [1.807, 2.05) is 0 Å². The molecular weight excluding hydrogens is 465 g/mol. The molecule has 0 fully saturated rings. The standard InChI is InChI=1S/C25H21Cl2NO5/c1-3-22(29)28-20-14-21(32-2)18(13-19(20)27)25(31)33-24(16-7-5-4-6-8-16)23(30)15-9-11-17(26)12-10-15/h4-14,24H,3H2,1-2H3,(H,28,29)/t24-/m0/s1. The van der Waals surface area contributed by atoms with Crippen molar-refractivity contribution >= 4 is 46.5 Å². The van der Waals surface area contributed by atoms with Gasteiger partial charge in [-0.25, -0.2) is 4.79 Å². The number of nitrogens with one attached hydrogen (secondary N) is 1. The molecule has 0 unspecified atom stereocenters. The van der Waals surface area contributed by atoms with E-state index in [9.17, 15) is 14.4 Å². The Kier molecular flexibility index (Phi) is 8.09. The predicted molar refractivity (Wildman–Crippen MR) is 127 cm³/mol. The fraction of sp³-hybridized carbons (Fsp3) is 0.160. The van der Waals surface area contributed by atoms with Gasteiger partial charge in [-0.3, -0.25) is 9.59 Å². The molecule has 3 rings (SSSR count). The van der Waals surface area contributed by atoms with E-state index in [0.717, 1.165) is 0 Å². The maximum atomic E-state index is 13.2. The van der Waals surface area contributed by atoms with Crippen LogP contribution in [0, 0.1) is 0 Å². The quantitative estimate of drug-likeness (QED) is 0.306. The number of halogens is 2. The van der Waals surface area contributed by atoms with Crippen LogP contribution in [0.25, 0.3) is 0 Å². The zero-order chi connectivity index (χ0) is 24.0. The molecule has 0 saturated carbocycles. The number of rotatable bonds is 8. The molecule has 1 amide bonds. The molecule has 170 valence electrons. The normalized spacial score (nSPS) is 11.4. The van der Waals surface area contributed by atoms with Crippen LogP contribution in [0.5, 0.6) is 5.75 Å². The Morgan fingerprint density at radius 2 is 1.64 bits per heavy atom. The number of benzene rings is 3. The Hall–Kier alpha value is -3.35. The monoisotopic (exact) mass is 485 g/mol. The number of ether oxygens (including phenoxy) is 2. The van der Waals surface area contributed by atoms with Gasteiger partial charge in [0.1, 0.15) is 11.3 Å². The molecule has 0 aliphatic carbocycles. The lowest BCUT2D eigenvalue weighted by atomic mass is 9.99. The van der Waals surface area contributed by atoms with Crippen LogP contribution >= 0.6 is 23.2 Å². The first kappa shape index (κ1) is 24.3. The van der Waals surface area contributed by atoms with Crippen molar-refractivity contribution < 1.29 is 23.9 Å². The Balaban J connectivity index is 1.95. The van der Waals surface area contributed by atoms with Gasteiger partial charge in [0, 0.05) is 28.6 Å². The number of hydrogen-bond donors (Lipinski definition) is 1. The predicted octanol–water partition coefficient (Wildman–Crippen LogP) is 6.13. The summed E-state index contributed by atoms with van der Waals surface area (Å²) in [6.45, 7) is 1.70. The minimum absolute atomic E-state index is 0.0156. The number of carbonyl (C=O) groups is 3. The molecule has 0 bridgehead atoms. The highest BCUT2D eigenvalue weighted by Gasteiger charge is 2.28. The molecule has 0 spiro atoms. The summed E-state index contributed by atoms with van der Waals surface area (Å²) in [5, 5.41) is 3.25. The topological polar surface area (TPSA) is 81.7 Å². The third-order valence-corrected chi connectivity index (χ3v) is 5.36. The molecule has 33 heavy (non-hydrogen) atoms. The maximum Gasteiger partial charge on any atom is 0.343 e. The smallest absolute Gasteiger partial charge is 0.343 e. The van der Waals surface area contributed by atoms with Gasteiger partial charge >= 0.3 is 5.97 Å². The second-order valence-corrected chi connectivity index (χ2v) is 7.84. The van der Waals surface area contributed by atoms with Crippen LogP contribution in [0.4, 0.5) is 5.69 Å². The first-order valence-corrected chi connectivity index (χ1v) is 10.8. The largest absolute Gasteiger partial charge is 0.496 e. The van der Waals surface area contributed by atoms with E-state index >= 15 is 0 Å². The summed E-state index contributed by atoms with van der Waals surface area (Å²) in [5.74, 6) is -1.32. The summed E-state index contributed by atoms with van der Waals surface area (Å²) >= 11 is 12.2. The van der Waals surface area contributed by atoms with Crippen molar-refractivity contribution in [3.05, 3.63) is 93.5 Å².